The van der Waals surface area contributed by atoms with Crippen molar-refractivity contribution in [1.29, 1.82) is 0 Å². The number of para-hydroxylation sites is 1. The molecular weight excluding hydrogens is 372 g/mol. The first-order chi connectivity index (χ1) is 13.6. The van der Waals surface area contributed by atoms with Crippen LogP contribution in [-0.4, -0.2) is 26.5 Å². The molecule has 0 atom stereocenters. The number of nitrogens with zero attached hydrogens (tertiary/aromatic N) is 3. The Hall–Kier alpha value is -2.54. The van der Waals surface area contributed by atoms with Crippen LogP contribution >= 0.6 is 11.3 Å². The summed E-state index contributed by atoms with van der Waals surface area (Å²) < 4.78 is 1.97. The number of anilines is 1. The second-order valence-electron chi connectivity index (χ2n) is 7.39. The van der Waals surface area contributed by atoms with Crippen molar-refractivity contribution in [1.82, 2.24) is 14.8 Å². The van der Waals surface area contributed by atoms with Crippen molar-refractivity contribution in [3.8, 4) is 0 Å². The molecule has 0 saturated heterocycles. The first-order valence-electron chi connectivity index (χ1n) is 9.84. The van der Waals surface area contributed by atoms with Gasteiger partial charge in [0, 0.05) is 41.5 Å². The van der Waals surface area contributed by atoms with Crippen molar-refractivity contribution >= 4 is 39.1 Å². The van der Waals surface area contributed by atoms with Crippen LogP contribution in [0.25, 0.3) is 10.9 Å². The van der Waals surface area contributed by atoms with Crippen LogP contribution in [0.2, 0.25) is 0 Å². The van der Waals surface area contributed by atoms with E-state index in [4.69, 9.17) is 0 Å². The Morgan fingerprint density at radius 1 is 1.18 bits per heavy atom. The lowest BCUT2D eigenvalue weighted by molar-refractivity contribution is -0.116. The largest absolute Gasteiger partial charge is 0.346 e. The van der Waals surface area contributed by atoms with E-state index in [2.05, 4.69) is 15.5 Å². The standard InChI is InChI=1S/C21H24N4O2S/c1-14(26)17-13-25(18-10-6-5-9-16(17)18)12-11-19(27)22-21-24-23-20(28-21)15-7-3-2-4-8-15/h5-6,9-10,13,15H,2-4,7-8,11-12H2,1H3,(H,22,24,27). The lowest BCUT2D eigenvalue weighted by Gasteiger charge is -2.18. The molecule has 3 aromatic rings. The highest BCUT2D eigenvalue weighted by Crippen LogP contribution is 2.35. The third-order valence-corrected chi connectivity index (χ3v) is 6.39. The molecule has 28 heavy (non-hydrogen) atoms. The molecule has 1 saturated carbocycles. The monoisotopic (exact) mass is 396 g/mol. The topological polar surface area (TPSA) is 76.9 Å². The van der Waals surface area contributed by atoms with E-state index in [9.17, 15) is 9.59 Å². The predicted octanol–water partition coefficient (Wildman–Crippen LogP) is 4.77. The molecule has 1 fully saturated rings. The molecular formula is C21H24N4O2S. The van der Waals surface area contributed by atoms with Crippen LogP contribution in [0.4, 0.5) is 5.13 Å². The number of benzene rings is 1. The van der Waals surface area contributed by atoms with E-state index in [0.29, 0.717) is 29.6 Å². The molecule has 1 aromatic carbocycles. The smallest absolute Gasteiger partial charge is 0.227 e. The Balaban J connectivity index is 1.39. The molecule has 1 amide bonds. The Kier molecular flexibility index (Phi) is 5.52. The van der Waals surface area contributed by atoms with Crippen LogP contribution in [0.15, 0.2) is 30.5 Å². The van der Waals surface area contributed by atoms with Crippen molar-refractivity contribution < 1.29 is 9.59 Å². The van der Waals surface area contributed by atoms with Crippen LogP contribution in [0.5, 0.6) is 0 Å². The maximum Gasteiger partial charge on any atom is 0.227 e. The van der Waals surface area contributed by atoms with Crippen LogP contribution < -0.4 is 5.32 Å². The van der Waals surface area contributed by atoms with Crippen molar-refractivity contribution in [3.05, 3.63) is 41.0 Å². The molecule has 2 heterocycles. The summed E-state index contributed by atoms with van der Waals surface area (Å²) in [5.74, 6) is 0.435. The summed E-state index contributed by atoms with van der Waals surface area (Å²) in [6, 6.07) is 7.78. The van der Waals surface area contributed by atoms with Gasteiger partial charge in [0.1, 0.15) is 5.01 Å². The molecule has 0 bridgehead atoms. The third kappa shape index (κ3) is 3.99. The van der Waals surface area contributed by atoms with Crippen molar-refractivity contribution in [2.75, 3.05) is 5.32 Å². The zero-order valence-electron chi connectivity index (χ0n) is 16.0. The fourth-order valence-corrected chi connectivity index (χ4v) is 4.84. The van der Waals surface area contributed by atoms with Gasteiger partial charge in [-0.05, 0) is 25.8 Å². The molecule has 0 aliphatic heterocycles. The minimum Gasteiger partial charge on any atom is -0.346 e. The molecule has 0 radical (unpaired) electrons. The third-order valence-electron chi connectivity index (χ3n) is 5.39. The lowest BCUT2D eigenvalue weighted by Crippen LogP contribution is -2.14. The van der Waals surface area contributed by atoms with Gasteiger partial charge in [0.2, 0.25) is 11.0 Å². The first kappa shape index (κ1) is 18.8. The van der Waals surface area contributed by atoms with Gasteiger partial charge in [0.15, 0.2) is 5.78 Å². The highest BCUT2D eigenvalue weighted by atomic mass is 32.1. The average Bonchev–Trinajstić information content (AvgIpc) is 3.32. The predicted molar refractivity (Wildman–Crippen MR) is 111 cm³/mol. The number of aromatic nitrogens is 3. The van der Waals surface area contributed by atoms with E-state index in [1.165, 1.54) is 43.4 Å². The fourth-order valence-electron chi connectivity index (χ4n) is 3.92. The molecule has 4 rings (SSSR count). The maximum atomic E-state index is 12.4. The second kappa shape index (κ2) is 8.22. The number of Topliss-reactive ketones (excluding diaryl/α,β-unsaturated/α-hetero) is 1. The highest BCUT2D eigenvalue weighted by molar-refractivity contribution is 7.15. The minimum absolute atomic E-state index is 0.0310. The summed E-state index contributed by atoms with van der Waals surface area (Å²) in [7, 11) is 0. The van der Waals surface area contributed by atoms with Gasteiger partial charge in [-0.1, -0.05) is 48.8 Å². The second-order valence-corrected chi connectivity index (χ2v) is 8.40. The lowest BCUT2D eigenvalue weighted by atomic mass is 9.90. The number of aryl methyl sites for hydroxylation is 1. The Bertz CT molecular complexity index is 1000. The number of hydrogen-bond donors (Lipinski definition) is 1. The molecule has 6 nitrogen and oxygen atoms in total. The van der Waals surface area contributed by atoms with Crippen molar-refractivity contribution in [3.63, 3.8) is 0 Å². The number of amides is 1. The Labute approximate surface area is 168 Å². The van der Waals surface area contributed by atoms with Crippen LogP contribution in [0, 0.1) is 0 Å². The van der Waals surface area contributed by atoms with Crippen molar-refractivity contribution in [2.24, 2.45) is 0 Å². The summed E-state index contributed by atoms with van der Waals surface area (Å²) in [6.07, 6.45) is 8.29. The van der Waals surface area contributed by atoms with Gasteiger partial charge in [-0.15, -0.1) is 10.2 Å². The van der Waals surface area contributed by atoms with E-state index >= 15 is 0 Å². The number of carbonyl (C=O) groups is 2. The van der Waals surface area contributed by atoms with E-state index in [1.807, 2.05) is 35.0 Å². The Morgan fingerprint density at radius 3 is 2.75 bits per heavy atom. The fraction of sp³-hybridized carbons (Fsp3) is 0.429. The molecule has 1 N–H and O–H groups in total. The maximum absolute atomic E-state index is 12.4. The normalized spacial score (nSPS) is 15.0. The quantitative estimate of drug-likeness (QED) is 0.609. The van der Waals surface area contributed by atoms with Gasteiger partial charge >= 0.3 is 0 Å². The van der Waals surface area contributed by atoms with E-state index in [0.717, 1.165) is 15.9 Å². The van der Waals surface area contributed by atoms with Gasteiger partial charge in [0.05, 0.1) is 0 Å². The van der Waals surface area contributed by atoms with Gasteiger partial charge in [-0.2, -0.15) is 0 Å². The van der Waals surface area contributed by atoms with Gasteiger partial charge in [0.25, 0.3) is 0 Å². The number of rotatable bonds is 6. The van der Waals surface area contributed by atoms with Crippen LogP contribution in [0.1, 0.15) is 66.7 Å². The molecule has 1 aliphatic rings. The van der Waals surface area contributed by atoms with E-state index in [1.54, 1.807) is 6.92 Å². The molecule has 7 heteroatoms. The van der Waals surface area contributed by atoms with Gasteiger partial charge < -0.3 is 9.88 Å². The number of fused-ring (bicyclic) bond motifs is 1. The van der Waals surface area contributed by atoms with E-state index < -0.39 is 0 Å². The summed E-state index contributed by atoms with van der Waals surface area (Å²) in [4.78, 5) is 24.3. The van der Waals surface area contributed by atoms with Crippen molar-refractivity contribution in [2.45, 2.75) is 57.9 Å². The summed E-state index contributed by atoms with van der Waals surface area (Å²) in [5.41, 5.74) is 1.66. The summed E-state index contributed by atoms with van der Waals surface area (Å²) in [6.45, 7) is 2.08. The Morgan fingerprint density at radius 2 is 1.96 bits per heavy atom. The molecule has 146 valence electrons. The number of hydrogen-bond acceptors (Lipinski definition) is 5. The highest BCUT2D eigenvalue weighted by Gasteiger charge is 2.20. The molecule has 1 aliphatic carbocycles. The summed E-state index contributed by atoms with van der Waals surface area (Å²) >= 11 is 1.49. The van der Waals surface area contributed by atoms with Crippen LogP contribution in [0.3, 0.4) is 0 Å². The SMILES string of the molecule is CC(=O)c1cn(CCC(=O)Nc2nnc(C3CCCCC3)s2)c2ccccc12. The summed E-state index contributed by atoms with van der Waals surface area (Å²) in [5, 5.41) is 13.9. The van der Waals surface area contributed by atoms with E-state index in [-0.39, 0.29) is 11.7 Å². The molecule has 0 spiro atoms. The molecule has 0 unspecified atom stereocenters. The first-order valence-corrected chi connectivity index (χ1v) is 10.7. The van der Waals surface area contributed by atoms with Gasteiger partial charge in [-0.3, -0.25) is 9.59 Å². The molecule has 2 aromatic heterocycles. The van der Waals surface area contributed by atoms with Crippen LogP contribution in [-0.2, 0) is 11.3 Å². The van der Waals surface area contributed by atoms with Gasteiger partial charge in [-0.25, -0.2) is 0 Å². The average molecular weight is 397 g/mol. The number of nitrogens with one attached hydrogen (secondary N) is 1. The zero-order chi connectivity index (χ0) is 19.5. The zero-order valence-corrected chi connectivity index (χ0v) is 16.8. The number of ketones is 1. The number of carbonyl (C=O) groups excluding carboxylic acids is 2. The minimum atomic E-state index is -0.0894.